The van der Waals surface area contributed by atoms with E-state index in [4.69, 9.17) is 10.3 Å². The molecule has 0 saturated heterocycles. The molecule has 3 rings (SSSR count). The Morgan fingerprint density at radius 1 is 1.19 bits per heavy atom. The molecule has 2 heterocycles. The van der Waals surface area contributed by atoms with Crippen molar-refractivity contribution < 1.29 is 80.5 Å². The first-order chi connectivity index (χ1) is 14.2. The van der Waals surface area contributed by atoms with Crippen molar-refractivity contribution in [1.82, 2.24) is 9.72 Å². The summed E-state index contributed by atoms with van der Waals surface area (Å²) in [7, 11) is 0. The number of ketones is 2. The number of carbonyl (C=O) groups is 3. The molecule has 1 aromatic carbocycles. The maximum Gasteiger partial charge on any atom is 1.00 e. The number of carboxylic acids is 1. The minimum Gasteiger partial charge on any atom is -0.545 e. The van der Waals surface area contributed by atoms with Crippen LogP contribution < -0.4 is 62.2 Å². The van der Waals surface area contributed by atoms with Crippen molar-refractivity contribution in [2.75, 3.05) is 5.73 Å². The number of benzene rings is 1. The van der Waals surface area contributed by atoms with Gasteiger partial charge in [-0.15, -0.1) is 0 Å². The minimum atomic E-state index is -1.52. The second kappa shape index (κ2) is 10.4. The maximum absolute atomic E-state index is 12.7. The van der Waals surface area contributed by atoms with Gasteiger partial charge in [0.15, 0.2) is 17.3 Å². The number of aromatic hydroxyl groups is 1. The van der Waals surface area contributed by atoms with E-state index >= 15 is 0 Å². The molecule has 9 nitrogen and oxygen atoms in total. The standard InChI is InChI=1S/C21H21N3O6.K/c1-3-24-10-14(18(20(24)22)21(28)29)16(27)9-8-15-17(11(2)25)19(30-23-15)12-4-6-13(26)7-5-12;/h4-7,10,26H,3,8-9,22H2,1-2H3,(H,28,29);/q;+1/p-1. The molecule has 31 heavy (non-hydrogen) atoms. The van der Waals surface area contributed by atoms with Gasteiger partial charge < -0.3 is 29.8 Å². The fraction of sp³-hybridized carbons (Fsp3) is 0.238. The third kappa shape index (κ3) is 5.16. The molecule has 0 atom stereocenters. The van der Waals surface area contributed by atoms with Gasteiger partial charge in [-0.2, -0.15) is 0 Å². The van der Waals surface area contributed by atoms with Crippen LogP contribution >= 0.6 is 0 Å². The summed E-state index contributed by atoms with van der Waals surface area (Å²) in [5.74, 6) is -2.02. The number of nitrogens with zero attached hydrogens (tertiary/aromatic N) is 2. The molecule has 0 radical (unpaired) electrons. The van der Waals surface area contributed by atoms with E-state index in [1.165, 1.54) is 29.8 Å². The van der Waals surface area contributed by atoms with Crippen LogP contribution in [0, 0.1) is 0 Å². The van der Waals surface area contributed by atoms with E-state index in [-0.39, 0.29) is 110 Å². The molecule has 3 N–H and O–H groups in total. The average Bonchev–Trinajstić information content (AvgIpc) is 3.27. The molecule has 0 unspecified atom stereocenters. The van der Waals surface area contributed by atoms with E-state index in [2.05, 4.69) is 5.16 Å². The average molecular weight is 450 g/mol. The molecular formula is C21H20KN3O6. The van der Waals surface area contributed by atoms with E-state index < -0.39 is 11.8 Å². The van der Waals surface area contributed by atoms with Gasteiger partial charge in [-0.3, -0.25) is 9.59 Å². The van der Waals surface area contributed by atoms with E-state index in [0.29, 0.717) is 12.1 Å². The summed E-state index contributed by atoms with van der Waals surface area (Å²) in [4.78, 5) is 36.3. The largest absolute Gasteiger partial charge is 1.00 e. The molecule has 3 aromatic rings. The fourth-order valence-corrected chi connectivity index (χ4v) is 3.29. The van der Waals surface area contributed by atoms with Gasteiger partial charge in [0.2, 0.25) is 0 Å². The Kier molecular flexibility index (Phi) is 8.38. The van der Waals surface area contributed by atoms with Gasteiger partial charge in [0.1, 0.15) is 11.6 Å². The molecule has 0 aliphatic heterocycles. The molecule has 10 heteroatoms. The normalized spacial score (nSPS) is 10.5. The second-order valence-corrected chi connectivity index (χ2v) is 6.74. The molecule has 0 aliphatic carbocycles. The van der Waals surface area contributed by atoms with Crippen LogP contribution in [0.5, 0.6) is 5.75 Å². The molecule has 2 aromatic heterocycles. The Bertz CT molecular complexity index is 1130. The summed E-state index contributed by atoms with van der Waals surface area (Å²) in [6.45, 7) is 3.52. The SMILES string of the molecule is CCn1cc(C(=O)CCc2noc(-c3ccc(O)cc3)c2C(C)=O)c(C(=O)[O-])c1N.[K+]. The van der Waals surface area contributed by atoms with Crippen molar-refractivity contribution in [2.45, 2.75) is 33.2 Å². The number of carboxylic acid groups (broad SMARTS) is 1. The predicted octanol–water partition coefficient (Wildman–Crippen LogP) is -1.16. The van der Waals surface area contributed by atoms with Crippen molar-refractivity contribution in [3.8, 4) is 17.1 Å². The van der Waals surface area contributed by atoms with Gasteiger partial charge in [0.05, 0.1) is 17.2 Å². The maximum atomic E-state index is 12.7. The van der Waals surface area contributed by atoms with Crippen molar-refractivity contribution in [3.05, 3.63) is 52.8 Å². The number of aromatic nitrogens is 2. The minimum absolute atomic E-state index is 0. The van der Waals surface area contributed by atoms with E-state index in [9.17, 15) is 24.6 Å². The summed E-state index contributed by atoms with van der Waals surface area (Å²) in [6.07, 6.45) is 1.35. The topological polar surface area (TPSA) is 151 Å². The van der Waals surface area contributed by atoms with Crippen LogP contribution in [0.3, 0.4) is 0 Å². The molecule has 0 amide bonds. The van der Waals surface area contributed by atoms with Crippen LogP contribution in [-0.2, 0) is 13.0 Å². The number of Topliss-reactive ketones (excluding diaryl/α,β-unsaturated/α-hetero) is 2. The Morgan fingerprint density at radius 3 is 2.39 bits per heavy atom. The number of nitrogen functional groups attached to an aromatic ring is 1. The van der Waals surface area contributed by atoms with Crippen molar-refractivity contribution in [3.63, 3.8) is 0 Å². The summed E-state index contributed by atoms with van der Waals surface area (Å²) in [6, 6.07) is 6.07. The number of rotatable bonds is 8. The number of carbonyl (C=O) groups excluding carboxylic acids is 3. The Balaban J connectivity index is 0.00000341. The van der Waals surface area contributed by atoms with E-state index in [1.807, 2.05) is 0 Å². The van der Waals surface area contributed by atoms with Gasteiger partial charge in [-0.1, -0.05) is 5.16 Å². The zero-order valence-electron chi connectivity index (χ0n) is 17.5. The molecule has 0 fully saturated rings. The van der Waals surface area contributed by atoms with Crippen LogP contribution in [-0.4, -0.2) is 32.4 Å². The summed E-state index contributed by atoms with van der Waals surface area (Å²) in [5.41, 5.74) is 6.50. The molecule has 0 aliphatic rings. The van der Waals surface area contributed by atoms with Gasteiger partial charge in [-0.05, 0) is 38.1 Å². The number of aromatic carboxylic acids is 1. The third-order valence-corrected chi connectivity index (χ3v) is 4.80. The zero-order chi connectivity index (χ0) is 22.0. The van der Waals surface area contributed by atoms with Crippen LogP contribution in [0.1, 0.15) is 57.0 Å². The molecule has 156 valence electrons. The van der Waals surface area contributed by atoms with E-state index in [1.54, 1.807) is 19.1 Å². The van der Waals surface area contributed by atoms with Crippen molar-refractivity contribution in [2.24, 2.45) is 0 Å². The summed E-state index contributed by atoms with van der Waals surface area (Å²) in [5, 5.41) is 24.8. The first-order valence-electron chi connectivity index (χ1n) is 9.26. The quantitative estimate of drug-likeness (QED) is 0.323. The number of aryl methyl sites for hydroxylation is 2. The summed E-state index contributed by atoms with van der Waals surface area (Å²) >= 11 is 0. The molecule has 0 saturated carbocycles. The van der Waals surface area contributed by atoms with Crippen LogP contribution in [0.2, 0.25) is 0 Å². The van der Waals surface area contributed by atoms with Gasteiger partial charge in [0, 0.05) is 42.3 Å². The molecular weight excluding hydrogens is 429 g/mol. The van der Waals surface area contributed by atoms with Gasteiger partial charge >= 0.3 is 51.4 Å². The number of hydrogen-bond acceptors (Lipinski definition) is 8. The number of phenols is 1. The smallest absolute Gasteiger partial charge is 0.545 e. The number of hydrogen-bond donors (Lipinski definition) is 2. The van der Waals surface area contributed by atoms with Crippen LogP contribution in [0.4, 0.5) is 5.82 Å². The number of phenolic OH excluding ortho intramolecular Hbond substituents is 1. The monoisotopic (exact) mass is 449 g/mol. The first-order valence-corrected chi connectivity index (χ1v) is 9.26. The third-order valence-electron chi connectivity index (χ3n) is 4.80. The van der Waals surface area contributed by atoms with E-state index in [0.717, 1.165) is 0 Å². The van der Waals surface area contributed by atoms with Crippen LogP contribution in [0.15, 0.2) is 35.0 Å². The van der Waals surface area contributed by atoms with Crippen molar-refractivity contribution >= 4 is 23.4 Å². The zero-order valence-corrected chi connectivity index (χ0v) is 20.6. The number of nitrogens with two attached hydrogens (primary N) is 1. The predicted molar refractivity (Wildman–Crippen MR) is 105 cm³/mol. The van der Waals surface area contributed by atoms with Crippen LogP contribution in [0.25, 0.3) is 11.3 Å². The summed E-state index contributed by atoms with van der Waals surface area (Å²) < 4.78 is 6.79. The Morgan fingerprint density at radius 2 is 1.84 bits per heavy atom. The first kappa shape index (κ1) is 25.0. The van der Waals surface area contributed by atoms with Gasteiger partial charge in [0.25, 0.3) is 0 Å². The molecule has 0 bridgehead atoms. The number of anilines is 1. The Hall–Kier alpha value is -2.24. The fourth-order valence-electron chi connectivity index (χ4n) is 3.29. The van der Waals surface area contributed by atoms with Gasteiger partial charge in [-0.25, -0.2) is 0 Å². The second-order valence-electron chi connectivity index (χ2n) is 6.74. The van der Waals surface area contributed by atoms with Crippen molar-refractivity contribution in [1.29, 1.82) is 0 Å². The Labute approximate surface area is 220 Å². The molecule has 0 spiro atoms.